The molecule has 4 heteroatoms. The molecular weight excluding hydrogens is 459 g/mol. The van der Waals surface area contributed by atoms with E-state index < -0.39 is 0 Å². The lowest BCUT2D eigenvalue weighted by Gasteiger charge is -2.17. The number of halogens is 2. The van der Waals surface area contributed by atoms with Gasteiger partial charge in [-0.2, -0.15) is 0 Å². The Bertz CT molecular complexity index is 1200. The molecule has 0 saturated carbocycles. The Morgan fingerprint density at radius 3 is 1.89 bits per heavy atom. The van der Waals surface area contributed by atoms with Crippen LogP contribution in [0.5, 0.6) is 5.75 Å². The van der Waals surface area contributed by atoms with Gasteiger partial charge in [-0.3, -0.25) is 0 Å². The van der Waals surface area contributed by atoms with Gasteiger partial charge >= 0.3 is 0 Å². The molecule has 0 fully saturated rings. The molecule has 0 spiro atoms. The van der Waals surface area contributed by atoms with Crippen molar-refractivity contribution in [2.45, 2.75) is 13.0 Å². The van der Waals surface area contributed by atoms with Crippen LogP contribution in [-0.4, -0.2) is 19.1 Å². The SMILES string of the molecule is Fc1ccc(/C(=C(/CCCl)c2ccccc2)c2ccc(OCCOCc3ccccc3)cc2)cc1. The van der Waals surface area contributed by atoms with Gasteiger partial charge in [0, 0.05) is 5.88 Å². The van der Waals surface area contributed by atoms with E-state index in [4.69, 9.17) is 21.1 Å². The summed E-state index contributed by atoms with van der Waals surface area (Å²) in [7, 11) is 0. The van der Waals surface area contributed by atoms with Crippen LogP contribution in [-0.2, 0) is 11.3 Å². The Morgan fingerprint density at radius 2 is 1.26 bits per heavy atom. The molecule has 0 radical (unpaired) electrons. The van der Waals surface area contributed by atoms with E-state index in [1.807, 2.05) is 84.9 Å². The summed E-state index contributed by atoms with van der Waals surface area (Å²) in [4.78, 5) is 0. The Kier molecular flexibility index (Phi) is 9.11. The molecule has 0 N–H and O–H groups in total. The van der Waals surface area contributed by atoms with Crippen LogP contribution in [0, 0.1) is 5.82 Å². The fourth-order valence-electron chi connectivity index (χ4n) is 3.98. The van der Waals surface area contributed by atoms with E-state index in [9.17, 15) is 4.39 Å². The van der Waals surface area contributed by atoms with Gasteiger partial charge in [-0.15, -0.1) is 11.6 Å². The third-order valence-electron chi connectivity index (χ3n) is 5.65. The van der Waals surface area contributed by atoms with Crippen LogP contribution in [0.2, 0.25) is 0 Å². The zero-order valence-electron chi connectivity index (χ0n) is 19.5. The second-order valence-electron chi connectivity index (χ2n) is 8.08. The van der Waals surface area contributed by atoms with E-state index in [-0.39, 0.29) is 5.82 Å². The van der Waals surface area contributed by atoms with Crippen molar-refractivity contribution in [2.75, 3.05) is 19.1 Å². The van der Waals surface area contributed by atoms with Crippen LogP contribution in [0.1, 0.15) is 28.7 Å². The fourth-order valence-corrected chi connectivity index (χ4v) is 4.17. The predicted molar refractivity (Wildman–Crippen MR) is 142 cm³/mol. The fraction of sp³-hybridized carbons (Fsp3) is 0.161. The Balaban J connectivity index is 1.52. The molecule has 0 heterocycles. The highest BCUT2D eigenvalue weighted by Gasteiger charge is 2.14. The first-order valence-corrected chi connectivity index (χ1v) is 12.2. The molecule has 0 aliphatic heterocycles. The third-order valence-corrected chi connectivity index (χ3v) is 5.84. The minimum absolute atomic E-state index is 0.259. The van der Waals surface area contributed by atoms with Crippen LogP contribution in [0.15, 0.2) is 109 Å². The van der Waals surface area contributed by atoms with Gasteiger partial charge in [-0.05, 0) is 64.1 Å². The highest BCUT2D eigenvalue weighted by Crippen LogP contribution is 2.35. The average Bonchev–Trinajstić information content (AvgIpc) is 2.91. The summed E-state index contributed by atoms with van der Waals surface area (Å²) in [5, 5.41) is 0. The maximum absolute atomic E-state index is 13.7. The number of ether oxygens (including phenoxy) is 2. The van der Waals surface area contributed by atoms with E-state index in [0.29, 0.717) is 32.1 Å². The van der Waals surface area contributed by atoms with Gasteiger partial charge in [0.2, 0.25) is 0 Å². The van der Waals surface area contributed by atoms with E-state index in [1.165, 1.54) is 12.1 Å². The zero-order chi connectivity index (χ0) is 24.3. The largest absolute Gasteiger partial charge is 0.491 e. The van der Waals surface area contributed by atoms with E-state index in [1.54, 1.807) is 0 Å². The maximum atomic E-state index is 13.7. The summed E-state index contributed by atoms with van der Waals surface area (Å²) >= 11 is 6.21. The lowest BCUT2D eigenvalue weighted by atomic mass is 9.88. The van der Waals surface area contributed by atoms with Gasteiger partial charge in [0.25, 0.3) is 0 Å². The van der Waals surface area contributed by atoms with E-state index >= 15 is 0 Å². The topological polar surface area (TPSA) is 18.5 Å². The number of alkyl halides is 1. The van der Waals surface area contributed by atoms with Gasteiger partial charge < -0.3 is 9.47 Å². The van der Waals surface area contributed by atoms with Gasteiger partial charge in [0.1, 0.15) is 18.2 Å². The molecule has 178 valence electrons. The summed E-state index contributed by atoms with van der Waals surface area (Å²) in [6, 6.07) is 34.9. The van der Waals surface area contributed by atoms with Crippen LogP contribution in [0.4, 0.5) is 4.39 Å². The maximum Gasteiger partial charge on any atom is 0.123 e. The smallest absolute Gasteiger partial charge is 0.123 e. The third kappa shape index (κ3) is 7.05. The lowest BCUT2D eigenvalue weighted by molar-refractivity contribution is 0.0889. The molecule has 0 bridgehead atoms. The van der Waals surface area contributed by atoms with Crippen molar-refractivity contribution >= 4 is 22.7 Å². The molecule has 0 atom stereocenters. The molecule has 0 aliphatic carbocycles. The van der Waals surface area contributed by atoms with Crippen molar-refractivity contribution < 1.29 is 13.9 Å². The number of allylic oxidation sites excluding steroid dienone is 1. The van der Waals surface area contributed by atoms with Crippen molar-refractivity contribution in [3.05, 3.63) is 137 Å². The Labute approximate surface area is 211 Å². The molecule has 4 rings (SSSR count). The van der Waals surface area contributed by atoms with Gasteiger partial charge in [-0.25, -0.2) is 4.39 Å². The molecule has 4 aromatic rings. The van der Waals surface area contributed by atoms with Crippen molar-refractivity contribution in [1.82, 2.24) is 0 Å². The first kappa shape index (κ1) is 24.7. The Hall–Kier alpha value is -3.40. The monoisotopic (exact) mass is 486 g/mol. The number of benzene rings is 4. The standard InChI is InChI=1S/C31H28ClFO2/c32-20-19-30(25-9-5-2-6-10-25)31(26-11-15-28(33)16-12-26)27-13-17-29(18-14-27)35-22-21-34-23-24-7-3-1-4-8-24/h1-18H,19-23H2/b31-30+. The van der Waals surface area contributed by atoms with E-state index in [2.05, 4.69) is 12.1 Å². The summed E-state index contributed by atoms with van der Waals surface area (Å²) in [6.07, 6.45) is 0.690. The van der Waals surface area contributed by atoms with Crippen molar-refractivity contribution in [3.63, 3.8) is 0 Å². The highest BCUT2D eigenvalue weighted by molar-refractivity contribution is 6.18. The first-order chi connectivity index (χ1) is 17.2. The molecular formula is C31H28ClFO2. The summed E-state index contributed by atoms with van der Waals surface area (Å²) in [5.74, 6) is 0.998. The summed E-state index contributed by atoms with van der Waals surface area (Å²) < 4.78 is 25.3. The molecule has 0 unspecified atom stereocenters. The summed E-state index contributed by atoms with van der Waals surface area (Å²) in [5.41, 5.74) is 6.36. The van der Waals surface area contributed by atoms with Gasteiger partial charge in [0.15, 0.2) is 0 Å². The van der Waals surface area contributed by atoms with Crippen molar-refractivity contribution in [2.24, 2.45) is 0 Å². The molecule has 0 aromatic heterocycles. The van der Waals surface area contributed by atoms with Crippen LogP contribution in [0.3, 0.4) is 0 Å². The van der Waals surface area contributed by atoms with Crippen LogP contribution < -0.4 is 4.74 Å². The molecule has 0 aliphatic rings. The molecule has 4 aromatic carbocycles. The minimum atomic E-state index is -0.259. The summed E-state index contributed by atoms with van der Waals surface area (Å²) in [6.45, 7) is 1.54. The van der Waals surface area contributed by atoms with Crippen LogP contribution >= 0.6 is 11.6 Å². The van der Waals surface area contributed by atoms with Gasteiger partial charge in [-0.1, -0.05) is 84.9 Å². The zero-order valence-corrected chi connectivity index (χ0v) is 20.3. The second-order valence-corrected chi connectivity index (χ2v) is 8.45. The van der Waals surface area contributed by atoms with Crippen LogP contribution in [0.25, 0.3) is 11.1 Å². The van der Waals surface area contributed by atoms with Crippen molar-refractivity contribution in [3.8, 4) is 5.75 Å². The molecule has 0 saturated heterocycles. The highest BCUT2D eigenvalue weighted by atomic mass is 35.5. The quantitative estimate of drug-likeness (QED) is 0.121. The lowest BCUT2D eigenvalue weighted by Crippen LogP contribution is -2.06. The number of rotatable bonds is 11. The van der Waals surface area contributed by atoms with Crippen molar-refractivity contribution in [1.29, 1.82) is 0 Å². The second kappa shape index (κ2) is 12.9. The molecule has 0 amide bonds. The Morgan fingerprint density at radius 1 is 0.657 bits per heavy atom. The normalized spacial score (nSPS) is 11.7. The number of hydrogen-bond acceptors (Lipinski definition) is 2. The molecule has 2 nitrogen and oxygen atoms in total. The number of hydrogen-bond donors (Lipinski definition) is 0. The first-order valence-electron chi connectivity index (χ1n) is 11.7. The predicted octanol–water partition coefficient (Wildman–Crippen LogP) is 8.01. The van der Waals surface area contributed by atoms with E-state index in [0.717, 1.165) is 39.1 Å². The average molecular weight is 487 g/mol. The minimum Gasteiger partial charge on any atom is -0.491 e. The van der Waals surface area contributed by atoms with Gasteiger partial charge in [0.05, 0.1) is 13.2 Å². The molecule has 35 heavy (non-hydrogen) atoms.